The van der Waals surface area contributed by atoms with Crippen LogP contribution in [0.3, 0.4) is 0 Å². The molecule has 3 rings (SSSR count). The number of rotatable bonds is 2. The highest BCUT2D eigenvalue weighted by molar-refractivity contribution is 6.30. The molecule has 0 unspecified atom stereocenters. The molecule has 1 aliphatic rings. The Balaban J connectivity index is 2.09. The summed E-state index contributed by atoms with van der Waals surface area (Å²) in [5, 5.41) is 7.49. The average molecular weight is 307 g/mol. The van der Waals surface area contributed by atoms with Gasteiger partial charge in [-0.3, -0.25) is 0 Å². The average Bonchev–Trinajstić information content (AvgIpc) is 2.83. The minimum Gasteiger partial charge on any atom is -0.306 e. The standard InChI is InChI=1S/C15H19ClN4O/c1-10-5-6-12(16)8-13(10)20-14(17-18-15(20)21)11-4-3-7-19(2)9-11/h5-6,8,11H,3-4,7,9H2,1-2H3,(H,18,21)/t11-/m1/s1. The Bertz CT molecular complexity index is 706. The molecular formula is C15H19ClN4O. The van der Waals surface area contributed by atoms with Gasteiger partial charge in [-0.25, -0.2) is 14.5 Å². The zero-order chi connectivity index (χ0) is 15.0. The van der Waals surface area contributed by atoms with E-state index >= 15 is 0 Å². The van der Waals surface area contributed by atoms with Gasteiger partial charge in [-0.05, 0) is 51.1 Å². The smallest absolute Gasteiger partial charge is 0.306 e. The van der Waals surface area contributed by atoms with Crippen LogP contribution in [0.25, 0.3) is 5.69 Å². The monoisotopic (exact) mass is 306 g/mol. The molecule has 1 saturated heterocycles. The van der Waals surface area contributed by atoms with E-state index < -0.39 is 0 Å². The van der Waals surface area contributed by atoms with Crippen molar-refractivity contribution in [3.05, 3.63) is 45.1 Å². The maximum Gasteiger partial charge on any atom is 0.347 e. The van der Waals surface area contributed by atoms with Crippen molar-refractivity contribution in [1.82, 2.24) is 19.7 Å². The summed E-state index contributed by atoms with van der Waals surface area (Å²) in [6.45, 7) is 3.99. The van der Waals surface area contributed by atoms with Crippen LogP contribution in [0.1, 0.15) is 30.1 Å². The first-order valence-corrected chi connectivity index (χ1v) is 7.56. The van der Waals surface area contributed by atoms with Crippen LogP contribution in [0.15, 0.2) is 23.0 Å². The zero-order valence-corrected chi connectivity index (χ0v) is 13.0. The first kappa shape index (κ1) is 14.4. The summed E-state index contributed by atoms with van der Waals surface area (Å²) < 4.78 is 1.67. The van der Waals surface area contributed by atoms with E-state index in [9.17, 15) is 4.79 Å². The molecule has 1 aromatic carbocycles. The van der Waals surface area contributed by atoms with E-state index in [1.165, 1.54) is 0 Å². The van der Waals surface area contributed by atoms with E-state index in [1.54, 1.807) is 4.57 Å². The Labute approximate surface area is 128 Å². The van der Waals surface area contributed by atoms with E-state index in [1.807, 2.05) is 25.1 Å². The highest BCUT2D eigenvalue weighted by Gasteiger charge is 2.25. The molecule has 0 amide bonds. The number of halogens is 1. The Morgan fingerprint density at radius 2 is 2.24 bits per heavy atom. The van der Waals surface area contributed by atoms with Gasteiger partial charge in [0.05, 0.1) is 5.69 Å². The van der Waals surface area contributed by atoms with Gasteiger partial charge in [-0.1, -0.05) is 17.7 Å². The fourth-order valence-electron chi connectivity index (χ4n) is 3.02. The van der Waals surface area contributed by atoms with Gasteiger partial charge in [0.25, 0.3) is 0 Å². The van der Waals surface area contributed by atoms with Gasteiger partial charge in [-0.15, -0.1) is 0 Å². The van der Waals surface area contributed by atoms with Gasteiger partial charge in [0.15, 0.2) is 0 Å². The molecule has 2 heterocycles. The number of likely N-dealkylation sites (tertiary alicyclic amines) is 1. The summed E-state index contributed by atoms with van der Waals surface area (Å²) in [6, 6.07) is 5.58. The van der Waals surface area contributed by atoms with Crippen LogP contribution in [0, 0.1) is 6.92 Å². The van der Waals surface area contributed by atoms with E-state index in [-0.39, 0.29) is 11.6 Å². The SMILES string of the molecule is Cc1ccc(Cl)cc1-n1c([C@@H]2CCCN(C)C2)n[nH]c1=O. The quantitative estimate of drug-likeness (QED) is 0.926. The molecular weight excluding hydrogens is 288 g/mol. The molecule has 0 aliphatic carbocycles. The Kier molecular flexibility index (Phi) is 3.87. The molecule has 5 nitrogen and oxygen atoms in total. The number of hydrogen-bond donors (Lipinski definition) is 1. The fraction of sp³-hybridized carbons (Fsp3) is 0.467. The molecule has 0 radical (unpaired) electrons. The fourth-order valence-corrected chi connectivity index (χ4v) is 3.18. The van der Waals surface area contributed by atoms with Crippen LogP contribution in [0.4, 0.5) is 0 Å². The molecule has 0 spiro atoms. The molecule has 0 bridgehead atoms. The van der Waals surface area contributed by atoms with Crippen LogP contribution in [0.2, 0.25) is 5.02 Å². The molecule has 112 valence electrons. The lowest BCUT2D eigenvalue weighted by Gasteiger charge is -2.29. The van der Waals surface area contributed by atoms with Crippen molar-refractivity contribution in [1.29, 1.82) is 0 Å². The lowest BCUT2D eigenvalue weighted by molar-refractivity contribution is 0.244. The highest BCUT2D eigenvalue weighted by Crippen LogP contribution is 2.27. The molecule has 2 aromatic rings. The van der Waals surface area contributed by atoms with Crippen molar-refractivity contribution < 1.29 is 0 Å². The molecule has 0 saturated carbocycles. The molecule has 1 N–H and O–H groups in total. The topological polar surface area (TPSA) is 53.9 Å². The number of H-pyrrole nitrogens is 1. The lowest BCUT2D eigenvalue weighted by Crippen LogP contribution is -2.33. The molecule has 1 aromatic heterocycles. The van der Waals surface area contributed by atoms with E-state index in [0.29, 0.717) is 5.02 Å². The summed E-state index contributed by atoms with van der Waals surface area (Å²) in [6.07, 6.45) is 2.17. The second-order valence-electron chi connectivity index (χ2n) is 5.75. The normalized spacial score (nSPS) is 19.9. The summed E-state index contributed by atoms with van der Waals surface area (Å²) in [5.74, 6) is 1.07. The lowest BCUT2D eigenvalue weighted by atomic mass is 9.97. The minimum atomic E-state index is -0.205. The number of nitrogens with zero attached hydrogens (tertiary/aromatic N) is 3. The summed E-state index contributed by atoms with van der Waals surface area (Å²) >= 11 is 6.09. The number of aromatic amines is 1. The van der Waals surface area contributed by atoms with Gasteiger partial charge < -0.3 is 4.90 Å². The van der Waals surface area contributed by atoms with Crippen molar-refractivity contribution in [2.24, 2.45) is 0 Å². The number of likely N-dealkylation sites (N-methyl/N-ethyl adjacent to an activating group) is 1. The van der Waals surface area contributed by atoms with Crippen molar-refractivity contribution in [3.8, 4) is 5.69 Å². The highest BCUT2D eigenvalue weighted by atomic mass is 35.5. The number of benzene rings is 1. The number of aryl methyl sites for hydroxylation is 1. The van der Waals surface area contributed by atoms with E-state index in [0.717, 1.165) is 43.0 Å². The van der Waals surface area contributed by atoms with Crippen molar-refractivity contribution in [2.45, 2.75) is 25.7 Å². The third-order valence-electron chi connectivity index (χ3n) is 4.10. The third-order valence-corrected chi connectivity index (χ3v) is 4.34. The molecule has 21 heavy (non-hydrogen) atoms. The maximum absolute atomic E-state index is 12.2. The number of nitrogens with one attached hydrogen (secondary N) is 1. The Hall–Kier alpha value is -1.59. The van der Waals surface area contributed by atoms with Crippen LogP contribution in [-0.2, 0) is 0 Å². The predicted molar refractivity (Wildman–Crippen MR) is 83.4 cm³/mol. The Morgan fingerprint density at radius 1 is 1.43 bits per heavy atom. The maximum atomic E-state index is 12.2. The largest absolute Gasteiger partial charge is 0.347 e. The van der Waals surface area contributed by atoms with Crippen molar-refractivity contribution >= 4 is 11.6 Å². The van der Waals surface area contributed by atoms with Crippen LogP contribution in [-0.4, -0.2) is 39.8 Å². The van der Waals surface area contributed by atoms with Crippen molar-refractivity contribution in [3.63, 3.8) is 0 Å². The Morgan fingerprint density at radius 3 is 3.00 bits per heavy atom. The van der Waals surface area contributed by atoms with Gasteiger partial charge in [-0.2, -0.15) is 5.10 Å². The summed E-state index contributed by atoms with van der Waals surface area (Å²) in [4.78, 5) is 14.5. The first-order valence-electron chi connectivity index (χ1n) is 7.18. The third kappa shape index (κ3) is 2.76. The minimum absolute atomic E-state index is 0.205. The predicted octanol–water partition coefficient (Wildman–Crippen LogP) is 2.33. The number of aromatic nitrogens is 3. The van der Waals surface area contributed by atoms with Crippen LogP contribution >= 0.6 is 11.6 Å². The molecule has 6 heteroatoms. The van der Waals surface area contributed by atoms with Crippen LogP contribution < -0.4 is 5.69 Å². The molecule has 1 atom stereocenters. The summed E-state index contributed by atoms with van der Waals surface area (Å²) in [7, 11) is 2.10. The zero-order valence-electron chi connectivity index (χ0n) is 12.3. The second-order valence-corrected chi connectivity index (χ2v) is 6.19. The summed E-state index contributed by atoms with van der Waals surface area (Å²) in [5.41, 5.74) is 1.61. The van der Waals surface area contributed by atoms with Gasteiger partial charge >= 0.3 is 5.69 Å². The molecule has 1 fully saturated rings. The van der Waals surface area contributed by atoms with Gasteiger partial charge in [0.2, 0.25) is 0 Å². The second kappa shape index (κ2) is 5.66. The van der Waals surface area contributed by atoms with Gasteiger partial charge in [0, 0.05) is 17.5 Å². The van der Waals surface area contributed by atoms with Crippen LogP contribution in [0.5, 0.6) is 0 Å². The van der Waals surface area contributed by atoms with E-state index in [4.69, 9.17) is 11.6 Å². The number of hydrogen-bond acceptors (Lipinski definition) is 3. The van der Waals surface area contributed by atoms with E-state index in [2.05, 4.69) is 22.1 Å². The first-order chi connectivity index (χ1) is 10.1. The van der Waals surface area contributed by atoms with Crippen molar-refractivity contribution in [2.75, 3.05) is 20.1 Å². The number of piperidine rings is 1. The molecule has 1 aliphatic heterocycles. The van der Waals surface area contributed by atoms with Gasteiger partial charge in [0.1, 0.15) is 5.82 Å².